The van der Waals surface area contributed by atoms with E-state index >= 15 is 0 Å². The van der Waals surface area contributed by atoms with Crippen LogP contribution in [0.4, 0.5) is 0 Å². The summed E-state index contributed by atoms with van der Waals surface area (Å²) in [6, 6.07) is 33.9. The van der Waals surface area contributed by atoms with Gasteiger partial charge in [0.2, 0.25) is 5.91 Å². The third-order valence-electron chi connectivity index (χ3n) is 8.38. The number of aliphatic hydroxyl groups is 2. The second kappa shape index (κ2) is 14.8. The van der Waals surface area contributed by atoms with Gasteiger partial charge in [-0.2, -0.15) is 0 Å². The van der Waals surface area contributed by atoms with E-state index in [1.54, 1.807) is 0 Å². The molecule has 5 rings (SSSR count). The van der Waals surface area contributed by atoms with Crippen LogP contribution in [-0.2, 0) is 27.4 Å². The number of ether oxygens (including phenoxy) is 2. The molecule has 4 aromatic rings. The molecule has 5 atom stereocenters. The smallest absolute Gasteiger partial charge is 0.217 e. The van der Waals surface area contributed by atoms with Gasteiger partial charge in [-0.3, -0.25) is 9.69 Å². The number of aliphatic hydroxyl groups excluding tert-OH is 2. The largest absolute Gasteiger partial charge is 0.392 e. The standard InChI is InChI=1S/C37H42N2O5/c1-25(36(42)31-9-5-4-6-10-31)39(3)23-34-21-35(30-14-12-27(24-40)13-15-30)44-37(43-34)32-18-16-29(17-19-32)33-11-7-8-28(20-33)22-38-26(2)41/h4-20,25,34-37,40,42H,21-24H2,1-3H3,(H,38,41)/t25-,34-,35+,36-,37+/m1/s1. The van der Waals surface area contributed by atoms with Crippen LogP contribution in [0.5, 0.6) is 0 Å². The van der Waals surface area contributed by atoms with E-state index in [0.717, 1.165) is 38.9 Å². The average Bonchev–Trinajstić information content (AvgIpc) is 3.07. The Hall–Kier alpha value is -3.85. The van der Waals surface area contributed by atoms with Gasteiger partial charge >= 0.3 is 0 Å². The Bertz CT molecular complexity index is 1490. The molecule has 0 aromatic heterocycles. The third kappa shape index (κ3) is 8.00. The minimum Gasteiger partial charge on any atom is -0.392 e. The van der Waals surface area contributed by atoms with Gasteiger partial charge < -0.3 is 25.0 Å². The van der Waals surface area contributed by atoms with Crippen molar-refractivity contribution in [2.75, 3.05) is 13.6 Å². The second-order valence-corrected chi connectivity index (χ2v) is 11.6. The SMILES string of the molecule is CC(=O)NCc1cccc(-c2ccc([C@H]3O[C@@H](CN(C)[C@H](C)[C@@H](O)c4ccccc4)C[C@@H](c4ccc(CO)cc4)O3)cc2)c1. The summed E-state index contributed by atoms with van der Waals surface area (Å²) in [5, 5.41) is 23.4. The van der Waals surface area contributed by atoms with E-state index in [1.165, 1.54) is 6.92 Å². The molecule has 1 heterocycles. The first-order valence-electron chi connectivity index (χ1n) is 15.2. The normalized spacial score (nSPS) is 19.8. The molecule has 1 aliphatic rings. The maximum Gasteiger partial charge on any atom is 0.217 e. The van der Waals surface area contributed by atoms with Crippen molar-refractivity contribution in [2.45, 2.75) is 64.1 Å². The van der Waals surface area contributed by atoms with Crippen LogP contribution in [-0.4, -0.2) is 46.8 Å². The lowest BCUT2D eigenvalue weighted by Gasteiger charge is -2.39. The van der Waals surface area contributed by atoms with E-state index in [0.29, 0.717) is 19.5 Å². The van der Waals surface area contributed by atoms with Gasteiger partial charge in [0.15, 0.2) is 6.29 Å². The van der Waals surface area contributed by atoms with Crippen molar-refractivity contribution in [1.82, 2.24) is 10.2 Å². The summed E-state index contributed by atoms with van der Waals surface area (Å²) in [6.07, 6.45) is -0.870. The monoisotopic (exact) mass is 594 g/mol. The van der Waals surface area contributed by atoms with Gasteiger partial charge in [-0.05, 0) is 53.4 Å². The highest BCUT2D eigenvalue weighted by atomic mass is 16.7. The van der Waals surface area contributed by atoms with Crippen LogP contribution in [0.15, 0.2) is 103 Å². The van der Waals surface area contributed by atoms with E-state index in [4.69, 9.17) is 9.47 Å². The highest BCUT2D eigenvalue weighted by Gasteiger charge is 2.34. The molecule has 0 bridgehead atoms. The van der Waals surface area contributed by atoms with Crippen molar-refractivity contribution >= 4 is 5.91 Å². The summed E-state index contributed by atoms with van der Waals surface area (Å²) in [5.74, 6) is -0.0544. The number of rotatable bonds is 11. The molecule has 1 saturated heterocycles. The van der Waals surface area contributed by atoms with Gasteiger partial charge in [0.25, 0.3) is 0 Å². The van der Waals surface area contributed by atoms with Crippen LogP contribution in [0.2, 0.25) is 0 Å². The summed E-state index contributed by atoms with van der Waals surface area (Å²) in [5.41, 5.74) is 6.87. The lowest BCUT2D eigenvalue weighted by Crippen LogP contribution is -2.43. The number of likely N-dealkylation sites (N-methyl/N-ethyl adjacent to an activating group) is 1. The quantitative estimate of drug-likeness (QED) is 0.195. The highest BCUT2D eigenvalue weighted by Crippen LogP contribution is 2.39. The minimum atomic E-state index is -0.622. The maximum absolute atomic E-state index is 11.3. The fourth-order valence-electron chi connectivity index (χ4n) is 5.61. The molecule has 0 radical (unpaired) electrons. The zero-order valence-electron chi connectivity index (χ0n) is 25.6. The van der Waals surface area contributed by atoms with Gasteiger partial charge in [-0.1, -0.05) is 97.1 Å². The Kier molecular flexibility index (Phi) is 10.6. The number of amides is 1. The van der Waals surface area contributed by atoms with Gasteiger partial charge in [-0.25, -0.2) is 0 Å². The van der Waals surface area contributed by atoms with E-state index in [9.17, 15) is 15.0 Å². The molecular formula is C37H42N2O5. The predicted molar refractivity (Wildman–Crippen MR) is 171 cm³/mol. The Balaban J connectivity index is 1.34. The number of carbonyl (C=O) groups excluding carboxylic acids is 1. The van der Waals surface area contributed by atoms with Crippen LogP contribution in [0, 0.1) is 0 Å². The summed E-state index contributed by atoms with van der Waals surface area (Å²) in [4.78, 5) is 13.5. The van der Waals surface area contributed by atoms with E-state index < -0.39 is 12.4 Å². The Morgan fingerprint density at radius 3 is 2.27 bits per heavy atom. The average molecular weight is 595 g/mol. The summed E-state index contributed by atoms with van der Waals surface area (Å²) in [6.45, 7) is 4.65. The van der Waals surface area contributed by atoms with Crippen molar-refractivity contribution in [3.05, 3.63) is 131 Å². The van der Waals surface area contributed by atoms with Crippen molar-refractivity contribution in [2.24, 2.45) is 0 Å². The number of benzene rings is 4. The van der Waals surface area contributed by atoms with Crippen LogP contribution in [0.25, 0.3) is 11.1 Å². The van der Waals surface area contributed by atoms with Crippen molar-refractivity contribution in [1.29, 1.82) is 0 Å². The number of hydrogen-bond donors (Lipinski definition) is 3. The van der Waals surface area contributed by atoms with E-state index in [-0.39, 0.29) is 30.8 Å². The first-order chi connectivity index (χ1) is 21.3. The molecule has 1 fully saturated rings. The Labute approximate surface area is 260 Å². The molecular weight excluding hydrogens is 552 g/mol. The summed E-state index contributed by atoms with van der Waals surface area (Å²) >= 11 is 0. The third-order valence-corrected chi connectivity index (χ3v) is 8.38. The molecule has 0 aliphatic carbocycles. The number of nitrogens with zero attached hydrogens (tertiary/aromatic N) is 1. The van der Waals surface area contributed by atoms with E-state index in [2.05, 4.69) is 34.5 Å². The molecule has 7 heteroatoms. The van der Waals surface area contributed by atoms with Crippen LogP contribution in [0.1, 0.15) is 66.6 Å². The summed E-state index contributed by atoms with van der Waals surface area (Å²) in [7, 11) is 2.02. The van der Waals surface area contributed by atoms with E-state index in [1.807, 2.05) is 92.8 Å². The Morgan fingerprint density at radius 2 is 1.59 bits per heavy atom. The molecule has 230 valence electrons. The second-order valence-electron chi connectivity index (χ2n) is 11.6. The number of hydrogen-bond acceptors (Lipinski definition) is 6. The zero-order valence-corrected chi connectivity index (χ0v) is 25.6. The van der Waals surface area contributed by atoms with Crippen molar-refractivity contribution < 1.29 is 24.5 Å². The van der Waals surface area contributed by atoms with Gasteiger partial charge in [0.05, 0.1) is 24.9 Å². The topological polar surface area (TPSA) is 91.3 Å². The van der Waals surface area contributed by atoms with Crippen LogP contribution in [0.3, 0.4) is 0 Å². The minimum absolute atomic E-state index is 0.00488. The van der Waals surface area contributed by atoms with Crippen LogP contribution >= 0.6 is 0 Å². The molecule has 0 spiro atoms. The molecule has 7 nitrogen and oxygen atoms in total. The highest BCUT2D eigenvalue weighted by molar-refractivity contribution is 5.73. The fourth-order valence-corrected chi connectivity index (χ4v) is 5.61. The lowest BCUT2D eigenvalue weighted by atomic mass is 9.98. The maximum atomic E-state index is 11.3. The van der Waals surface area contributed by atoms with Crippen molar-refractivity contribution in [3.63, 3.8) is 0 Å². The number of carbonyl (C=O) groups is 1. The molecule has 0 saturated carbocycles. The van der Waals surface area contributed by atoms with Crippen LogP contribution < -0.4 is 5.32 Å². The fraction of sp³-hybridized carbons (Fsp3) is 0.324. The van der Waals surface area contributed by atoms with Gasteiger partial charge in [0.1, 0.15) is 0 Å². The summed E-state index contributed by atoms with van der Waals surface area (Å²) < 4.78 is 13.1. The van der Waals surface area contributed by atoms with Gasteiger partial charge in [0, 0.05) is 38.0 Å². The molecule has 1 amide bonds. The molecule has 44 heavy (non-hydrogen) atoms. The lowest BCUT2D eigenvalue weighted by molar-refractivity contribution is -0.253. The number of nitrogens with one attached hydrogen (secondary N) is 1. The van der Waals surface area contributed by atoms with Crippen molar-refractivity contribution in [3.8, 4) is 11.1 Å². The first kappa shape index (κ1) is 31.6. The van der Waals surface area contributed by atoms with Gasteiger partial charge in [-0.15, -0.1) is 0 Å². The predicted octanol–water partition coefficient (Wildman–Crippen LogP) is 6.08. The first-order valence-corrected chi connectivity index (χ1v) is 15.2. The molecule has 1 aliphatic heterocycles. The molecule has 3 N–H and O–H groups in total. The molecule has 4 aromatic carbocycles. The molecule has 0 unspecified atom stereocenters. The Morgan fingerprint density at radius 1 is 0.886 bits per heavy atom. The zero-order chi connectivity index (χ0) is 31.1.